The molecule has 0 fully saturated rings. The molecule has 4 nitrogen and oxygen atoms in total. The summed E-state index contributed by atoms with van der Waals surface area (Å²) >= 11 is 0. The van der Waals surface area contributed by atoms with E-state index in [1.165, 1.54) is 0 Å². The summed E-state index contributed by atoms with van der Waals surface area (Å²) in [5.74, 6) is -0.415. The molecule has 0 aliphatic carbocycles. The standard InChI is InChI=1S/C18H20N2O2/c1-13-9-11-14(12-10-13)16(21)19-17(22)20-18(2,3)15-7-5-4-6-8-15/h4-12H,1-3H3,(H2,19,20,21,22). The van der Waals surface area contributed by atoms with Crippen LogP contribution in [0.2, 0.25) is 0 Å². The third-order valence-electron chi connectivity index (χ3n) is 3.46. The number of amides is 3. The van der Waals surface area contributed by atoms with E-state index in [2.05, 4.69) is 10.6 Å². The molecule has 0 bridgehead atoms. The molecule has 2 N–H and O–H groups in total. The Morgan fingerprint density at radius 1 is 0.909 bits per heavy atom. The Hall–Kier alpha value is -2.62. The van der Waals surface area contributed by atoms with E-state index in [1.54, 1.807) is 12.1 Å². The number of hydrogen-bond donors (Lipinski definition) is 2. The zero-order valence-electron chi connectivity index (χ0n) is 13.0. The van der Waals surface area contributed by atoms with Gasteiger partial charge in [0.25, 0.3) is 5.91 Å². The molecule has 0 radical (unpaired) electrons. The lowest BCUT2D eigenvalue weighted by Crippen LogP contribution is -2.48. The Labute approximate surface area is 130 Å². The molecule has 0 saturated heterocycles. The second kappa shape index (κ2) is 6.43. The molecular formula is C18H20N2O2. The van der Waals surface area contributed by atoms with E-state index in [0.717, 1.165) is 11.1 Å². The number of aryl methyl sites for hydroxylation is 1. The van der Waals surface area contributed by atoms with Crippen molar-refractivity contribution in [2.24, 2.45) is 0 Å². The molecule has 0 aliphatic heterocycles. The normalized spacial score (nSPS) is 10.9. The molecule has 0 unspecified atom stereocenters. The largest absolute Gasteiger partial charge is 0.329 e. The van der Waals surface area contributed by atoms with E-state index in [0.29, 0.717) is 5.56 Å². The Morgan fingerprint density at radius 2 is 1.50 bits per heavy atom. The molecule has 2 rings (SSSR count). The first-order valence-electron chi connectivity index (χ1n) is 7.14. The highest BCUT2D eigenvalue weighted by atomic mass is 16.2. The third-order valence-corrected chi connectivity index (χ3v) is 3.46. The van der Waals surface area contributed by atoms with Crippen LogP contribution in [0.3, 0.4) is 0 Å². The van der Waals surface area contributed by atoms with Crippen molar-refractivity contribution >= 4 is 11.9 Å². The van der Waals surface area contributed by atoms with Crippen molar-refractivity contribution < 1.29 is 9.59 Å². The van der Waals surface area contributed by atoms with Crippen LogP contribution in [-0.2, 0) is 5.54 Å². The first-order chi connectivity index (χ1) is 10.4. The molecule has 2 aromatic carbocycles. The van der Waals surface area contributed by atoms with Gasteiger partial charge in [-0.05, 0) is 38.5 Å². The van der Waals surface area contributed by atoms with Crippen LogP contribution in [0, 0.1) is 6.92 Å². The minimum Gasteiger partial charge on any atom is -0.329 e. The van der Waals surface area contributed by atoms with Gasteiger partial charge in [0.05, 0.1) is 5.54 Å². The zero-order chi connectivity index (χ0) is 16.2. The van der Waals surface area contributed by atoms with Gasteiger partial charge in [-0.1, -0.05) is 48.0 Å². The van der Waals surface area contributed by atoms with Crippen molar-refractivity contribution in [3.05, 3.63) is 71.3 Å². The van der Waals surface area contributed by atoms with Crippen LogP contribution in [0.5, 0.6) is 0 Å². The molecule has 4 heteroatoms. The minimum absolute atomic E-state index is 0.415. The molecule has 0 atom stereocenters. The van der Waals surface area contributed by atoms with Crippen LogP contribution in [0.1, 0.15) is 35.3 Å². The summed E-state index contributed by atoms with van der Waals surface area (Å²) in [5, 5.41) is 5.17. The summed E-state index contributed by atoms with van der Waals surface area (Å²) in [4.78, 5) is 24.1. The molecule has 114 valence electrons. The van der Waals surface area contributed by atoms with Crippen molar-refractivity contribution in [1.29, 1.82) is 0 Å². The molecule has 0 spiro atoms. The van der Waals surface area contributed by atoms with Gasteiger partial charge in [0.2, 0.25) is 0 Å². The van der Waals surface area contributed by atoms with Gasteiger partial charge in [-0.15, -0.1) is 0 Å². The SMILES string of the molecule is Cc1ccc(C(=O)NC(=O)NC(C)(C)c2ccccc2)cc1. The van der Waals surface area contributed by atoms with Gasteiger partial charge in [-0.3, -0.25) is 10.1 Å². The highest BCUT2D eigenvalue weighted by Gasteiger charge is 2.23. The van der Waals surface area contributed by atoms with E-state index in [9.17, 15) is 9.59 Å². The quantitative estimate of drug-likeness (QED) is 0.912. The zero-order valence-corrected chi connectivity index (χ0v) is 13.0. The van der Waals surface area contributed by atoms with Crippen LogP contribution >= 0.6 is 0 Å². The molecule has 0 heterocycles. The summed E-state index contributed by atoms with van der Waals surface area (Å²) in [6.07, 6.45) is 0. The first kappa shape index (κ1) is 15.8. The molecule has 3 amide bonds. The van der Waals surface area contributed by atoms with Gasteiger partial charge < -0.3 is 5.32 Å². The number of carbonyl (C=O) groups excluding carboxylic acids is 2. The number of imide groups is 1. The maximum Gasteiger partial charge on any atom is 0.322 e. The van der Waals surface area contributed by atoms with E-state index < -0.39 is 17.5 Å². The van der Waals surface area contributed by atoms with E-state index in [-0.39, 0.29) is 0 Å². The molecule has 22 heavy (non-hydrogen) atoms. The fourth-order valence-electron chi connectivity index (χ4n) is 2.12. The average Bonchev–Trinajstić information content (AvgIpc) is 2.48. The summed E-state index contributed by atoms with van der Waals surface area (Å²) in [5.41, 5.74) is 1.91. The molecule has 0 aliphatic rings. The van der Waals surface area contributed by atoms with E-state index in [4.69, 9.17) is 0 Å². The lowest BCUT2D eigenvalue weighted by Gasteiger charge is -2.26. The van der Waals surface area contributed by atoms with Crippen molar-refractivity contribution in [1.82, 2.24) is 10.6 Å². The summed E-state index contributed by atoms with van der Waals surface area (Å²) in [6.45, 7) is 5.72. The molecular weight excluding hydrogens is 276 g/mol. The lowest BCUT2D eigenvalue weighted by atomic mass is 9.95. The number of benzene rings is 2. The number of carbonyl (C=O) groups is 2. The number of nitrogens with one attached hydrogen (secondary N) is 2. The topological polar surface area (TPSA) is 58.2 Å². The maximum atomic E-state index is 12.0. The van der Waals surface area contributed by atoms with Crippen LogP contribution < -0.4 is 10.6 Å². The average molecular weight is 296 g/mol. The smallest absolute Gasteiger partial charge is 0.322 e. The van der Waals surface area contributed by atoms with Crippen molar-refractivity contribution in [3.63, 3.8) is 0 Å². The number of hydrogen-bond acceptors (Lipinski definition) is 2. The van der Waals surface area contributed by atoms with Gasteiger partial charge in [0.15, 0.2) is 0 Å². The first-order valence-corrected chi connectivity index (χ1v) is 7.14. The third kappa shape index (κ3) is 3.95. The van der Waals surface area contributed by atoms with Crippen LogP contribution in [0.15, 0.2) is 54.6 Å². The van der Waals surface area contributed by atoms with E-state index >= 15 is 0 Å². The van der Waals surface area contributed by atoms with Gasteiger partial charge >= 0.3 is 6.03 Å². The minimum atomic E-state index is -0.571. The van der Waals surface area contributed by atoms with Crippen molar-refractivity contribution in [3.8, 4) is 0 Å². The van der Waals surface area contributed by atoms with Crippen LogP contribution in [-0.4, -0.2) is 11.9 Å². The van der Waals surface area contributed by atoms with Gasteiger partial charge in [0.1, 0.15) is 0 Å². The maximum absolute atomic E-state index is 12.0. The summed E-state index contributed by atoms with van der Waals surface area (Å²) in [6, 6.07) is 16.1. The molecule has 0 aromatic heterocycles. The highest BCUT2D eigenvalue weighted by molar-refractivity contribution is 6.04. The molecule has 2 aromatic rings. The van der Waals surface area contributed by atoms with Crippen molar-refractivity contribution in [2.75, 3.05) is 0 Å². The monoisotopic (exact) mass is 296 g/mol. The van der Waals surface area contributed by atoms with Gasteiger partial charge in [-0.2, -0.15) is 0 Å². The van der Waals surface area contributed by atoms with E-state index in [1.807, 2.05) is 63.2 Å². The predicted octanol–water partition coefficient (Wildman–Crippen LogP) is 3.37. The van der Waals surface area contributed by atoms with Crippen LogP contribution in [0.25, 0.3) is 0 Å². The summed E-state index contributed by atoms with van der Waals surface area (Å²) in [7, 11) is 0. The fraction of sp³-hybridized carbons (Fsp3) is 0.222. The number of urea groups is 1. The molecule has 0 saturated carbocycles. The highest BCUT2D eigenvalue weighted by Crippen LogP contribution is 2.19. The Balaban J connectivity index is 2.00. The predicted molar refractivity (Wildman–Crippen MR) is 86.6 cm³/mol. The number of rotatable bonds is 3. The van der Waals surface area contributed by atoms with Crippen molar-refractivity contribution in [2.45, 2.75) is 26.3 Å². The van der Waals surface area contributed by atoms with Crippen LogP contribution in [0.4, 0.5) is 4.79 Å². The Bertz CT molecular complexity index is 661. The second-order valence-electron chi connectivity index (χ2n) is 5.77. The Morgan fingerprint density at radius 3 is 2.09 bits per heavy atom. The Kier molecular flexibility index (Phi) is 4.61. The summed E-state index contributed by atoms with van der Waals surface area (Å²) < 4.78 is 0. The van der Waals surface area contributed by atoms with Gasteiger partial charge in [-0.25, -0.2) is 4.79 Å². The fourth-order valence-corrected chi connectivity index (χ4v) is 2.12. The lowest BCUT2D eigenvalue weighted by molar-refractivity contribution is 0.0962. The second-order valence-corrected chi connectivity index (χ2v) is 5.77. The van der Waals surface area contributed by atoms with Gasteiger partial charge in [0, 0.05) is 5.56 Å².